The van der Waals surface area contributed by atoms with Crippen molar-refractivity contribution >= 4 is 11.9 Å². The lowest BCUT2D eigenvalue weighted by Crippen LogP contribution is -2.61. The average molecular weight is 1040 g/mol. The minimum atomic E-state index is -1.65. The van der Waals surface area contributed by atoms with Crippen LogP contribution in [0.5, 0.6) is 0 Å². The van der Waals surface area contributed by atoms with Gasteiger partial charge < -0.3 is 45.1 Å². The number of carbonyl (C=O) groups is 2. The highest BCUT2D eigenvalue weighted by atomic mass is 16.7. The van der Waals surface area contributed by atoms with Gasteiger partial charge >= 0.3 is 5.97 Å². The Balaban J connectivity index is 2.79. The Kier molecular flexibility index (Phi) is 46.3. The Hall–Kier alpha value is -3.68. The number of nitrogens with one attached hydrogen (secondary N) is 1. The van der Waals surface area contributed by atoms with Gasteiger partial charge in [-0.3, -0.25) is 9.59 Å². The molecule has 1 rings (SSSR count). The van der Waals surface area contributed by atoms with E-state index in [0.29, 0.717) is 19.3 Å². The molecule has 11 heteroatoms. The molecule has 1 heterocycles. The first-order valence-corrected chi connectivity index (χ1v) is 29.2. The highest BCUT2D eigenvalue weighted by Gasteiger charge is 2.47. The van der Waals surface area contributed by atoms with E-state index < -0.39 is 67.4 Å². The fourth-order valence-corrected chi connectivity index (χ4v) is 8.30. The number of amides is 1. The second-order valence-electron chi connectivity index (χ2n) is 19.6. The van der Waals surface area contributed by atoms with Crippen LogP contribution >= 0.6 is 0 Å². The second-order valence-corrected chi connectivity index (χ2v) is 19.6. The van der Waals surface area contributed by atoms with Crippen LogP contribution in [0.25, 0.3) is 0 Å². The van der Waals surface area contributed by atoms with Crippen molar-refractivity contribution in [3.8, 4) is 0 Å². The monoisotopic (exact) mass is 1040 g/mol. The maximum atomic E-state index is 13.4. The number of aliphatic hydroxyl groups is 5. The van der Waals surface area contributed by atoms with Gasteiger partial charge in [0, 0.05) is 6.42 Å². The summed E-state index contributed by atoms with van der Waals surface area (Å²) in [5.41, 5.74) is 0. The number of hydrogen-bond acceptors (Lipinski definition) is 10. The molecule has 1 saturated heterocycles. The summed E-state index contributed by atoms with van der Waals surface area (Å²) >= 11 is 0. The highest BCUT2D eigenvalue weighted by Crippen LogP contribution is 2.26. The van der Waals surface area contributed by atoms with Gasteiger partial charge in [0.05, 0.1) is 25.4 Å². The van der Waals surface area contributed by atoms with Gasteiger partial charge in [0.1, 0.15) is 24.4 Å². The minimum Gasteiger partial charge on any atom is -0.454 e. The second kappa shape index (κ2) is 50.2. The summed E-state index contributed by atoms with van der Waals surface area (Å²) in [6, 6.07) is -1.06. The van der Waals surface area contributed by atoms with Gasteiger partial charge in [-0.05, 0) is 96.3 Å². The van der Waals surface area contributed by atoms with Crippen molar-refractivity contribution in [3.05, 3.63) is 109 Å². The summed E-state index contributed by atoms with van der Waals surface area (Å²) in [6.07, 6.45) is 57.2. The van der Waals surface area contributed by atoms with E-state index in [2.05, 4.69) is 105 Å². The lowest BCUT2D eigenvalue weighted by molar-refractivity contribution is -0.305. The van der Waals surface area contributed by atoms with Crippen molar-refractivity contribution in [2.24, 2.45) is 0 Å². The van der Waals surface area contributed by atoms with Gasteiger partial charge in [0.2, 0.25) is 5.91 Å². The lowest BCUT2D eigenvalue weighted by Gasteiger charge is -2.41. The molecule has 0 aromatic rings. The molecule has 8 atom stereocenters. The average Bonchev–Trinajstić information content (AvgIpc) is 3.40. The third kappa shape index (κ3) is 38.0. The van der Waals surface area contributed by atoms with Crippen LogP contribution in [0.4, 0.5) is 0 Å². The SMILES string of the molecule is CC/C=C\C/C=C\C/C=C\C/C=C\C/C=C\C/C=C\CCCC(O)C(=O)NC(COC1OC(CO)C(O)C(O)C1OC(=O)CC/C=C/C/C=C\CCCCCCCC)C(O)/C=C/CCCCCCCCCCCC. The molecule has 11 nitrogen and oxygen atoms in total. The van der Waals surface area contributed by atoms with Crippen LogP contribution in [-0.2, 0) is 23.8 Å². The van der Waals surface area contributed by atoms with Crippen LogP contribution in [0.15, 0.2) is 109 Å². The fourth-order valence-electron chi connectivity index (χ4n) is 8.30. The zero-order valence-electron chi connectivity index (χ0n) is 46.4. The Morgan fingerprint density at radius 1 is 0.541 bits per heavy atom. The summed E-state index contributed by atoms with van der Waals surface area (Å²) < 4.78 is 17.5. The molecule has 422 valence electrons. The first-order chi connectivity index (χ1) is 36.2. The molecule has 6 N–H and O–H groups in total. The third-order valence-electron chi connectivity index (χ3n) is 12.9. The molecule has 0 radical (unpaired) electrons. The number of esters is 1. The smallest absolute Gasteiger partial charge is 0.306 e. The fraction of sp³-hybridized carbons (Fsp3) is 0.683. The van der Waals surface area contributed by atoms with E-state index in [1.165, 1.54) is 83.5 Å². The molecule has 0 aliphatic carbocycles. The Bertz CT molecular complexity index is 1610. The molecule has 1 aliphatic heterocycles. The van der Waals surface area contributed by atoms with E-state index in [1.54, 1.807) is 6.08 Å². The standard InChI is InChI=1S/C63H105NO10/c1-4-7-10-13-16-19-22-25-26-27-28-29-30-31-33-35-38-41-44-47-50-56(67)62(71)64-54(55(66)49-46-43-40-37-34-24-21-18-15-12-9-6-3)53-72-63-61(60(70)59(69)57(52-65)73-63)74-58(68)51-48-45-42-39-36-32-23-20-17-14-11-8-5-2/h7,10,16,19,25-26,28-29,31-33,36,38,41-42,45-46,49,54-57,59-61,63,65-67,69-70H,4-6,8-9,11-15,17-18,20-24,27,30,34-35,37,39-40,43-44,47-48,50-53H2,1-3H3,(H,64,71)/b10-7-,19-16-,26-25-,29-28-,33-31-,36-32-,41-38-,45-42+,49-46+. The topological polar surface area (TPSA) is 175 Å². The molecular formula is C63H105NO10. The Morgan fingerprint density at radius 3 is 1.46 bits per heavy atom. The molecule has 0 bridgehead atoms. The van der Waals surface area contributed by atoms with Crippen LogP contribution in [0, 0.1) is 0 Å². The zero-order valence-corrected chi connectivity index (χ0v) is 46.4. The largest absolute Gasteiger partial charge is 0.454 e. The summed E-state index contributed by atoms with van der Waals surface area (Å²) in [5.74, 6) is -1.32. The van der Waals surface area contributed by atoms with Crippen molar-refractivity contribution in [1.82, 2.24) is 5.32 Å². The quantitative estimate of drug-likeness (QED) is 0.0196. The van der Waals surface area contributed by atoms with Crippen molar-refractivity contribution in [1.29, 1.82) is 0 Å². The number of ether oxygens (including phenoxy) is 3. The molecule has 0 aromatic carbocycles. The van der Waals surface area contributed by atoms with Gasteiger partial charge in [0.25, 0.3) is 0 Å². The van der Waals surface area contributed by atoms with E-state index >= 15 is 0 Å². The third-order valence-corrected chi connectivity index (χ3v) is 12.9. The molecular weight excluding hydrogens is 931 g/mol. The van der Waals surface area contributed by atoms with Crippen molar-refractivity contribution < 1.29 is 49.3 Å². The summed E-state index contributed by atoms with van der Waals surface area (Å²) in [6.45, 7) is 5.58. The van der Waals surface area contributed by atoms with Crippen molar-refractivity contribution in [2.75, 3.05) is 13.2 Å². The number of rotatable bonds is 47. The molecule has 0 aromatic heterocycles. The number of carbonyl (C=O) groups excluding carboxylic acids is 2. The number of hydrogen-bond donors (Lipinski definition) is 6. The summed E-state index contributed by atoms with van der Waals surface area (Å²) in [7, 11) is 0. The highest BCUT2D eigenvalue weighted by molar-refractivity contribution is 5.80. The molecule has 74 heavy (non-hydrogen) atoms. The van der Waals surface area contributed by atoms with Crippen LogP contribution in [0.1, 0.15) is 213 Å². The minimum absolute atomic E-state index is 0.00660. The predicted octanol–water partition coefficient (Wildman–Crippen LogP) is 13.3. The van der Waals surface area contributed by atoms with Gasteiger partial charge in [-0.25, -0.2) is 0 Å². The van der Waals surface area contributed by atoms with Gasteiger partial charge in [0.15, 0.2) is 12.4 Å². The van der Waals surface area contributed by atoms with Crippen LogP contribution in [0.3, 0.4) is 0 Å². The predicted molar refractivity (Wildman–Crippen MR) is 305 cm³/mol. The summed E-state index contributed by atoms with van der Waals surface area (Å²) in [4.78, 5) is 26.4. The van der Waals surface area contributed by atoms with Crippen LogP contribution in [-0.4, -0.2) is 99.6 Å². The molecule has 1 fully saturated rings. The maximum absolute atomic E-state index is 13.4. The maximum Gasteiger partial charge on any atom is 0.306 e. The summed E-state index contributed by atoms with van der Waals surface area (Å²) in [5, 5.41) is 56.7. The van der Waals surface area contributed by atoms with E-state index in [9.17, 15) is 35.1 Å². The van der Waals surface area contributed by atoms with Crippen LogP contribution < -0.4 is 5.32 Å². The van der Waals surface area contributed by atoms with Gasteiger partial charge in [-0.15, -0.1) is 0 Å². The van der Waals surface area contributed by atoms with Gasteiger partial charge in [-0.2, -0.15) is 0 Å². The molecule has 8 unspecified atom stereocenters. The zero-order chi connectivity index (χ0) is 54.0. The Labute approximate surface area is 449 Å². The number of allylic oxidation sites excluding steroid dienone is 17. The first kappa shape index (κ1) is 68.3. The number of unbranched alkanes of at least 4 members (excludes halogenated alkanes) is 17. The van der Waals surface area contributed by atoms with E-state index in [1.807, 2.05) is 24.3 Å². The normalized spacial score (nSPS) is 20.1. The number of aliphatic hydroxyl groups excluding tert-OH is 5. The van der Waals surface area contributed by atoms with E-state index in [-0.39, 0.29) is 19.4 Å². The molecule has 1 aliphatic rings. The molecule has 1 amide bonds. The van der Waals surface area contributed by atoms with Crippen molar-refractivity contribution in [2.45, 2.75) is 262 Å². The van der Waals surface area contributed by atoms with E-state index in [4.69, 9.17) is 14.2 Å². The molecule has 0 spiro atoms. The Morgan fingerprint density at radius 2 is 0.973 bits per heavy atom. The first-order valence-electron chi connectivity index (χ1n) is 29.2. The van der Waals surface area contributed by atoms with E-state index in [0.717, 1.165) is 77.0 Å². The van der Waals surface area contributed by atoms with Gasteiger partial charge in [-0.1, -0.05) is 220 Å². The molecule has 0 saturated carbocycles. The van der Waals surface area contributed by atoms with Crippen LogP contribution in [0.2, 0.25) is 0 Å². The van der Waals surface area contributed by atoms with Crippen molar-refractivity contribution in [3.63, 3.8) is 0 Å². The lowest BCUT2D eigenvalue weighted by atomic mass is 9.99.